The maximum atomic E-state index is 5.97. The van der Waals surface area contributed by atoms with Crippen LogP contribution in [0.3, 0.4) is 0 Å². The van der Waals surface area contributed by atoms with E-state index in [9.17, 15) is 0 Å². The predicted octanol–water partition coefficient (Wildman–Crippen LogP) is 4.71. The number of hydrogen-bond donors (Lipinski definition) is 1. The van der Waals surface area contributed by atoms with Crippen LogP contribution in [0.25, 0.3) is 0 Å². The summed E-state index contributed by atoms with van der Waals surface area (Å²) in [5.41, 5.74) is 6.60. The Kier molecular flexibility index (Phi) is 10.1. The summed E-state index contributed by atoms with van der Waals surface area (Å²) in [7, 11) is 0. The molecule has 0 bridgehead atoms. The first-order valence-electron chi connectivity index (χ1n) is 8.69. The highest BCUT2D eigenvalue weighted by Gasteiger charge is 2.12. The average Bonchev–Trinajstić information content (AvgIpc) is 2.53. The molecule has 0 saturated carbocycles. The summed E-state index contributed by atoms with van der Waals surface area (Å²) in [6.45, 7) is 10.8. The zero-order valence-corrected chi connectivity index (χ0v) is 16.3. The van der Waals surface area contributed by atoms with Gasteiger partial charge in [0.05, 0.1) is 11.1 Å². The molecule has 0 aliphatic carbocycles. The van der Waals surface area contributed by atoms with Crippen molar-refractivity contribution in [1.82, 2.24) is 4.90 Å². The quantitative estimate of drug-likeness (QED) is 0.417. The van der Waals surface area contributed by atoms with E-state index in [0.29, 0.717) is 18.9 Å². The first kappa shape index (κ1) is 20.1. The Morgan fingerprint density at radius 1 is 1.00 bits per heavy atom. The molecule has 0 aliphatic rings. The highest BCUT2D eigenvalue weighted by molar-refractivity contribution is 9.10. The number of nitrogen functional groups attached to an aromatic ring is 1. The van der Waals surface area contributed by atoms with Crippen LogP contribution in [0.4, 0.5) is 5.69 Å². The Balaban J connectivity index is 2.61. The van der Waals surface area contributed by atoms with Gasteiger partial charge in [0.1, 0.15) is 6.61 Å². The molecule has 5 heteroatoms. The van der Waals surface area contributed by atoms with Crippen LogP contribution in [0.2, 0.25) is 0 Å². The lowest BCUT2D eigenvalue weighted by Crippen LogP contribution is -2.28. The Morgan fingerprint density at radius 3 is 2.39 bits per heavy atom. The zero-order valence-electron chi connectivity index (χ0n) is 14.7. The molecule has 4 nitrogen and oxygen atoms in total. The summed E-state index contributed by atoms with van der Waals surface area (Å²) in [5, 5.41) is 0. The number of hydrogen-bond acceptors (Lipinski definition) is 4. The predicted molar refractivity (Wildman–Crippen MR) is 101 cm³/mol. The third kappa shape index (κ3) is 7.44. The molecule has 0 spiro atoms. The minimum atomic E-state index is 0.635. The largest absolute Gasteiger partial charge is 0.490 e. The molecule has 2 N–H and O–H groups in total. The van der Waals surface area contributed by atoms with Crippen LogP contribution < -0.4 is 15.2 Å². The first-order valence-corrected chi connectivity index (χ1v) is 9.48. The minimum Gasteiger partial charge on any atom is -0.490 e. The molecule has 1 rings (SSSR count). The van der Waals surface area contributed by atoms with Crippen molar-refractivity contribution in [2.45, 2.75) is 46.5 Å². The number of nitrogens with two attached hydrogens (primary N) is 1. The molecule has 0 heterocycles. The highest BCUT2D eigenvalue weighted by atomic mass is 79.9. The summed E-state index contributed by atoms with van der Waals surface area (Å²) in [6, 6.07) is 3.70. The molecule has 1 aromatic carbocycles. The van der Waals surface area contributed by atoms with Crippen molar-refractivity contribution in [3.8, 4) is 11.5 Å². The second-order valence-corrected chi connectivity index (χ2v) is 6.47. The average molecular weight is 387 g/mol. The summed E-state index contributed by atoms with van der Waals surface area (Å²) < 4.78 is 12.7. The van der Waals surface area contributed by atoms with Crippen molar-refractivity contribution in [3.05, 3.63) is 16.6 Å². The van der Waals surface area contributed by atoms with Crippen LogP contribution in [0.1, 0.15) is 46.5 Å². The van der Waals surface area contributed by atoms with E-state index in [1.54, 1.807) is 0 Å². The standard InChI is InChI=1S/C18H31BrN2O2/c1-4-7-8-9-11-22-17-14-15(20)13-16(19)18(17)23-12-10-21(5-2)6-3/h13-14H,4-12,20H2,1-3H3. The van der Waals surface area contributed by atoms with Gasteiger partial charge in [-0.25, -0.2) is 0 Å². The third-order valence-electron chi connectivity index (χ3n) is 3.84. The van der Waals surface area contributed by atoms with Crippen molar-refractivity contribution in [1.29, 1.82) is 0 Å². The van der Waals surface area contributed by atoms with Gasteiger partial charge in [0, 0.05) is 18.3 Å². The van der Waals surface area contributed by atoms with Crippen molar-refractivity contribution in [2.75, 3.05) is 38.6 Å². The summed E-state index contributed by atoms with van der Waals surface area (Å²) in [6.07, 6.45) is 4.72. The maximum absolute atomic E-state index is 5.97. The summed E-state index contributed by atoms with van der Waals surface area (Å²) >= 11 is 3.53. The molecular formula is C18H31BrN2O2. The van der Waals surface area contributed by atoms with Crippen molar-refractivity contribution in [3.63, 3.8) is 0 Å². The van der Waals surface area contributed by atoms with Gasteiger partial charge < -0.3 is 20.1 Å². The van der Waals surface area contributed by atoms with Crippen LogP contribution in [-0.4, -0.2) is 37.7 Å². The second-order valence-electron chi connectivity index (χ2n) is 5.61. The van der Waals surface area contributed by atoms with Gasteiger partial charge in [-0.15, -0.1) is 0 Å². The van der Waals surface area contributed by atoms with Gasteiger partial charge in [0.2, 0.25) is 0 Å². The monoisotopic (exact) mass is 386 g/mol. The molecule has 0 atom stereocenters. The van der Waals surface area contributed by atoms with Crippen LogP contribution >= 0.6 is 15.9 Å². The number of unbranched alkanes of at least 4 members (excludes halogenated alkanes) is 3. The molecule has 132 valence electrons. The van der Waals surface area contributed by atoms with Gasteiger partial charge in [-0.2, -0.15) is 0 Å². The number of halogens is 1. The van der Waals surface area contributed by atoms with E-state index in [1.165, 1.54) is 19.3 Å². The fourth-order valence-electron chi connectivity index (χ4n) is 2.36. The van der Waals surface area contributed by atoms with E-state index in [2.05, 4.69) is 41.6 Å². The summed E-state index contributed by atoms with van der Waals surface area (Å²) in [4.78, 5) is 2.33. The topological polar surface area (TPSA) is 47.7 Å². The molecule has 0 fully saturated rings. The number of benzene rings is 1. The van der Waals surface area contributed by atoms with Crippen LogP contribution in [-0.2, 0) is 0 Å². The molecule has 23 heavy (non-hydrogen) atoms. The van der Waals surface area contributed by atoms with Gasteiger partial charge >= 0.3 is 0 Å². The highest BCUT2D eigenvalue weighted by Crippen LogP contribution is 2.37. The molecule has 0 saturated heterocycles. The molecular weight excluding hydrogens is 356 g/mol. The van der Waals surface area contributed by atoms with E-state index in [1.807, 2.05) is 12.1 Å². The van der Waals surface area contributed by atoms with E-state index < -0.39 is 0 Å². The first-order chi connectivity index (χ1) is 11.1. The van der Waals surface area contributed by atoms with Crippen molar-refractivity contribution < 1.29 is 9.47 Å². The maximum Gasteiger partial charge on any atom is 0.175 e. The van der Waals surface area contributed by atoms with Crippen LogP contribution in [0.5, 0.6) is 11.5 Å². The van der Waals surface area contributed by atoms with Gasteiger partial charge in [0.15, 0.2) is 11.5 Å². The van der Waals surface area contributed by atoms with Crippen LogP contribution in [0, 0.1) is 0 Å². The fraction of sp³-hybridized carbons (Fsp3) is 0.667. The lowest BCUT2D eigenvalue weighted by atomic mass is 10.2. The number of rotatable bonds is 12. The Bertz CT molecular complexity index is 451. The lowest BCUT2D eigenvalue weighted by Gasteiger charge is -2.20. The van der Waals surface area contributed by atoms with Gasteiger partial charge in [-0.05, 0) is 41.5 Å². The SMILES string of the molecule is CCCCCCOc1cc(N)cc(Br)c1OCCN(CC)CC. The molecule has 0 aliphatic heterocycles. The number of likely N-dealkylation sites (N-methyl/N-ethyl adjacent to an activating group) is 1. The Hall–Kier alpha value is -0.940. The number of anilines is 1. The van der Waals surface area contributed by atoms with Gasteiger partial charge in [-0.3, -0.25) is 0 Å². The second kappa shape index (κ2) is 11.6. The zero-order chi connectivity index (χ0) is 17.1. The smallest absolute Gasteiger partial charge is 0.175 e. The minimum absolute atomic E-state index is 0.635. The van der Waals surface area contributed by atoms with E-state index in [4.69, 9.17) is 15.2 Å². The fourth-order valence-corrected chi connectivity index (χ4v) is 2.94. The third-order valence-corrected chi connectivity index (χ3v) is 4.42. The van der Waals surface area contributed by atoms with Crippen molar-refractivity contribution in [2.24, 2.45) is 0 Å². The molecule has 0 radical (unpaired) electrons. The molecule has 0 amide bonds. The van der Waals surface area contributed by atoms with Gasteiger partial charge in [-0.1, -0.05) is 40.0 Å². The summed E-state index contributed by atoms with van der Waals surface area (Å²) in [5.74, 6) is 1.48. The van der Waals surface area contributed by atoms with E-state index in [-0.39, 0.29) is 0 Å². The Morgan fingerprint density at radius 2 is 1.74 bits per heavy atom. The normalized spacial score (nSPS) is 11.0. The van der Waals surface area contributed by atoms with Crippen LogP contribution in [0.15, 0.2) is 16.6 Å². The Labute approximate surface area is 149 Å². The van der Waals surface area contributed by atoms with Crippen molar-refractivity contribution >= 4 is 21.6 Å². The van der Waals surface area contributed by atoms with E-state index >= 15 is 0 Å². The number of nitrogens with zero attached hydrogens (tertiary/aromatic N) is 1. The molecule has 0 unspecified atom stereocenters. The lowest BCUT2D eigenvalue weighted by molar-refractivity contribution is 0.211. The van der Waals surface area contributed by atoms with Gasteiger partial charge in [0.25, 0.3) is 0 Å². The van der Waals surface area contributed by atoms with E-state index in [0.717, 1.165) is 42.0 Å². The molecule has 0 aromatic heterocycles. The molecule has 1 aromatic rings. The number of ether oxygens (including phenoxy) is 2.